The van der Waals surface area contributed by atoms with Crippen LogP contribution in [0.4, 0.5) is 0 Å². The number of morpholine rings is 1. The Hall–Kier alpha value is -1.11. The number of aliphatic imine (C=N–C) groups is 1. The summed E-state index contributed by atoms with van der Waals surface area (Å²) in [7, 11) is 1.83. The lowest BCUT2D eigenvalue weighted by atomic mass is 10.1. The second kappa shape index (κ2) is 10.6. The second-order valence-electron chi connectivity index (χ2n) is 6.00. The molecular formula is C17H30N4OS. The molecule has 5 nitrogen and oxygen atoms in total. The topological polar surface area (TPSA) is 48.9 Å². The molecule has 6 heteroatoms. The van der Waals surface area contributed by atoms with Gasteiger partial charge in [-0.3, -0.25) is 9.89 Å². The van der Waals surface area contributed by atoms with E-state index in [1.165, 1.54) is 18.5 Å². The minimum Gasteiger partial charge on any atom is -0.379 e. The predicted octanol–water partition coefficient (Wildman–Crippen LogP) is 2.13. The van der Waals surface area contributed by atoms with Crippen LogP contribution < -0.4 is 10.6 Å². The fraction of sp³-hybridized carbons (Fsp3) is 0.706. The molecule has 1 aromatic rings. The van der Waals surface area contributed by atoms with Crippen molar-refractivity contribution in [2.24, 2.45) is 4.99 Å². The van der Waals surface area contributed by atoms with E-state index in [4.69, 9.17) is 4.74 Å². The standard InChI is InChI=1S/C17H30N4OS/c1-15(16-5-12-23-14-16)13-20-17(18-2)19-6-3-4-7-21-8-10-22-11-9-21/h5,12,14-15H,3-4,6-11,13H2,1-2H3,(H2,18,19,20). The highest BCUT2D eigenvalue weighted by Crippen LogP contribution is 2.16. The van der Waals surface area contributed by atoms with Gasteiger partial charge in [0.2, 0.25) is 0 Å². The van der Waals surface area contributed by atoms with Crippen LogP contribution in [0.5, 0.6) is 0 Å². The maximum absolute atomic E-state index is 5.37. The van der Waals surface area contributed by atoms with Gasteiger partial charge in [0.15, 0.2) is 5.96 Å². The molecule has 1 atom stereocenters. The second-order valence-corrected chi connectivity index (χ2v) is 6.78. The number of unbranched alkanes of at least 4 members (excludes halogenated alkanes) is 1. The maximum atomic E-state index is 5.37. The van der Waals surface area contributed by atoms with Crippen molar-refractivity contribution in [2.45, 2.75) is 25.7 Å². The monoisotopic (exact) mass is 338 g/mol. The largest absolute Gasteiger partial charge is 0.379 e. The minimum absolute atomic E-state index is 0.501. The van der Waals surface area contributed by atoms with Crippen molar-refractivity contribution in [3.8, 4) is 0 Å². The van der Waals surface area contributed by atoms with E-state index in [1.807, 2.05) is 7.05 Å². The Morgan fingerprint density at radius 2 is 2.17 bits per heavy atom. The lowest BCUT2D eigenvalue weighted by Crippen LogP contribution is -2.40. The van der Waals surface area contributed by atoms with E-state index in [9.17, 15) is 0 Å². The summed E-state index contributed by atoms with van der Waals surface area (Å²) in [6.07, 6.45) is 2.38. The Morgan fingerprint density at radius 1 is 1.35 bits per heavy atom. The van der Waals surface area contributed by atoms with Crippen molar-refractivity contribution < 1.29 is 4.74 Å². The minimum atomic E-state index is 0.501. The average Bonchev–Trinajstić information content (AvgIpc) is 3.12. The molecule has 0 amide bonds. The third kappa shape index (κ3) is 6.89. The SMILES string of the molecule is CN=C(NCCCCN1CCOCC1)NCC(C)c1ccsc1. The van der Waals surface area contributed by atoms with Gasteiger partial charge in [0.25, 0.3) is 0 Å². The van der Waals surface area contributed by atoms with Crippen LogP contribution in [0.25, 0.3) is 0 Å². The molecule has 0 saturated carbocycles. The van der Waals surface area contributed by atoms with Gasteiger partial charge < -0.3 is 15.4 Å². The molecule has 1 saturated heterocycles. The summed E-state index contributed by atoms with van der Waals surface area (Å²) in [4.78, 5) is 6.78. The van der Waals surface area contributed by atoms with Crippen LogP contribution in [0.15, 0.2) is 21.8 Å². The van der Waals surface area contributed by atoms with E-state index < -0.39 is 0 Å². The summed E-state index contributed by atoms with van der Waals surface area (Å²) < 4.78 is 5.37. The Bertz CT molecular complexity index is 443. The first-order valence-electron chi connectivity index (χ1n) is 8.56. The zero-order chi connectivity index (χ0) is 16.3. The first-order valence-corrected chi connectivity index (χ1v) is 9.50. The first kappa shape index (κ1) is 18.2. The van der Waals surface area contributed by atoms with Gasteiger partial charge in [-0.2, -0.15) is 11.3 Å². The molecule has 0 aromatic carbocycles. The van der Waals surface area contributed by atoms with Gasteiger partial charge in [-0.05, 0) is 47.7 Å². The van der Waals surface area contributed by atoms with E-state index in [-0.39, 0.29) is 0 Å². The summed E-state index contributed by atoms with van der Waals surface area (Å²) in [5, 5.41) is 11.2. The van der Waals surface area contributed by atoms with E-state index in [0.717, 1.165) is 51.8 Å². The molecule has 0 radical (unpaired) electrons. The van der Waals surface area contributed by atoms with Crippen LogP contribution in [0.3, 0.4) is 0 Å². The average molecular weight is 339 g/mol. The van der Waals surface area contributed by atoms with Gasteiger partial charge in [-0.1, -0.05) is 6.92 Å². The highest BCUT2D eigenvalue weighted by molar-refractivity contribution is 7.07. The molecule has 1 aromatic heterocycles. The van der Waals surface area contributed by atoms with E-state index >= 15 is 0 Å². The fourth-order valence-electron chi connectivity index (χ4n) is 2.64. The zero-order valence-electron chi connectivity index (χ0n) is 14.4. The Morgan fingerprint density at radius 3 is 2.87 bits per heavy atom. The molecule has 130 valence electrons. The first-order chi connectivity index (χ1) is 11.3. The molecule has 2 N–H and O–H groups in total. The molecule has 23 heavy (non-hydrogen) atoms. The number of nitrogens with zero attached hydrogens (tertiary/aromatic N) is 2. The highest BCUT2D eigenvalue weighted by atomic mass is 32.1. The van der Waals surface area contributed by atoms with Crippen LogP contribution in [-0.2, 0) is 4.74 Å². The number of ether oxygens (including phenoxy) is 1. The number of nitrogens with one attached hydrogen (secondary N) is 2. The van der Waals surface area contributed by atoms with Gasteiger partial charge in [-0.25, -0.2) is 0 Å². The molecule has 2 rings (SSSR count). The smallest absolute Gasteiger partial charge is 0.190 e. The normalized spacial score (nSPS) is 17.9. The number of rotatable bonds is 8. The lowest BCUT2D eigenvalue weighted by molar-refractivity contribution is 0.0372. The number of hydrogen-bond donors (Lipinski definition) is 2. The Balaban J connectivity index is 1.54. The van der Waals surface area contributed by atoms with Gasteiger partial charge in [0, 0.05) is 33.2 Å². The van der Waals surface area contributed by atoms with Crippen LogP contribution in [0.2, 0.25) is 0 Å². The molecule has 2 heterocycles. The molecule has 1 aliphatic rings. The Labute approximate surface area is 144 Å². The zero-order valence-corrected chi connectivity index (χ0v) is 15.2. The van der Waals surface area contributed by atoms with Gasteiger partial charge in [0.1, 0.15) is 0 Å². The fourth-order valence-corrected chi connectivity index (χ4v) is 3.42. The summed E-state index contributed by atoms with van der Waals surface area (Å²) >= 11 is 1.75. The number of guanidine groups is 1. The van der Waals surface area contributed by atoms with Crippen molar-refractivity contribution in [1.82, 2.24) is 15.5 Å². The predicted molar refractivity (Wildman–Crippen MR) is 98.6 cm³/mol. The molecule has 1 aliphatic heterocycles. The lowest BCUT2D eigenvalue weighted by Gasteiger charge is -2.26. The van der Waals surface area contributed by atoms with Gasteiger partial charge in [-0.15, -0.1) is 0 Å². The third-order valence-electron chi connectivity index (χ3n) is 4.21. The van der Waals surface area contributed by atoms with Crippen molar-refractivity contribution in [3.63, 3.8) is 0 Å². The van der Waals surface area contributed by atoms with Crippen LogP contribution >= 0.6 is 11.3 Å². The van der Waals surface area contributed by atoms with Crippen molar-refractivity contribution >= 4 is 17.3 Å². The van der Waals surface area contributed by atoms with Crippen molar-refractivity contribution in [3.05, 3.63) is 22.4 Å². The van der Waals surface area contributed by atoms with E-state index in [2.05, 4.69) is 44.3 Å². The summed E-state index contributed by atoms with van der Waals surface area (Å²) in [6, 6.07) is 2.19. The summed E-state index contributed by atoms with van der Waals surface area (Å²) in [5.41, 5.74) is 1.39. The van der Waals surface area contributed by atoms with Gasteiger partial charge in [0.05, 0.1) is 13.2 Å². The van der Waals surface area contributed by atoms with Crippen LogP contribution in [0, 0.1) is 0 Å². The van der Waals surface area contributed by atoms with E-state index in [0.29, 0.717) is 5.92 Å². The molecule has 0 aliphatic carbocycles. The molecule has 1 unspecified atom stereocenters. The van der Waals surface area contributed by atoms with Gasteiger partial charge >= 0.3 is 0 Å². The van der Waals surface area contributed by atoms with Crippen LogP contribution in [-0.4, -0.2) is 63.8 Å². The number of thiophene rings is 1. The third-order valence-corrected chi connectivity index (χ3v) is 4.91. The Kier molecular flexibility index (Phi) is 8.42. The molecule has 0 bridgehead atoms. The molecular weight excluding hydrogens is 308 g/mol. The maximum Gasteiger partial charge on any atom is 0.190 e. The van der Waals surface area contributed by atoms with E-state index in [1.54, 1.807) is 11.3 Å². The summed E-state index contributed by atoms with van der Waals surface area (Å²) in [6.45, 7) is 9.22. The molecule has 1 fully saturated rings. The quantitative estimate of drug-likeness (QED) is 0.433. The van der Waals surface area contributed by atoms with Crippen molar-refractivity contribution in [2.75, 3.05) is 53.0 Å². The van der Waals surface area contributed by atoms with Crippen LogP contribution in [0.1, 0.15) is 31.2 Å². The highest BCUT2D eigenvalue weighted by Gasteiger charge is 2.09. The number of hydrogen-bond acceptors (Lipinski definition) is 4. The molecule has 0 spiro atoms. The summed E-state index contributed by atoms with van der Waals surface area (Å²) in [5.74, 6) is 1.40. The van der Waals surface area contributed by atoms with Crippen molar-refractivity contribution in [1.29, 1.82) is 0 Å².